The number of carbonyl (C=O) groups is 2. The fourth-order valence-electron chi connectivity index (χ4n) is 2.64. The fraction of sp³-hybridized carbons (Fsp3) is 0.429. The van der Waals surface area contributed by atoms with Crippen molar-refractivity contribution in [3.63, 3.8) is 0 Å². The summed E-state index contributed by atoms with van der Waals surface area (Å²) in [5.41, 5.74) is 1.02. The van der Waals surface area contributed by atoms with Crippen molar-refractivity contribution >= 4 is 23.3 Å². The van der Waals surface area contributed by atoms with Crippen molar-refractivity contribution in [2.45, 2.75) is 6.42 Å². The van der Waals surface area contributed by atoms with Crippen LogP contribution in [0, 0.1) is 5.82 Å². The zero-order chi connectivity index (χ0) is 14.8. The SMILES string of the molecule is O=C1CCN(c2ccc(N3CCNCC3)c(F)c2)C(=O)N1. The molecule has 0 saturated carbocycles. The molecule has 2 aliphatic rings. The summed E-state index contributed by atoms with van der Waals surface area (Å²) in [7, 11) is 0. The lowest BCUT2D eigenvalue weighted by Gasteiger charge is -2.31. The van der Waals surface area contributed by atoms with E-state index in [0.29, 0.717) is 11.4 Å². The highest BCUT2D eigenvalue weighted by Crippen LogP contribution is 2.26. The molecule has 0 unspecified atom stereocenters. The molecule has 0 aromatic heterocycles. The van der Waals surface area contributed by atoms with Crippen LogP contribution in [0.1, 0.15) is 6.42 Å². The largest absolute Gasteiger partial charge is 0.367 e. The van der Waals surface area contributed by atoms with Gasteiger partial charge in [-0.25, -0.2) is 9.18 Å². The van der Waals surface area contributed by atoms with Crippen LogP contribution in [0.2, 0.25) is 0 Å². The predicted molar refractivity (Wildman–Crippen MR) is 77.0 cm³/mol. The molecule has 21 heavy (non-hydrogen) atoms. The Morgan fingerprint density at radius 3 is 2.52 bits per heavy atom. The minimum Gasteiger partial charge on any atom is -0.367 e. The van der Waals surface area contributed by atoms with Crippen LogP contribution in [-0.4, -0.2) is 44.7 Å². The van der Waals surface area contributed by atoms with Crippen LogP contribution in [-0.2, 0) is 4.79 Å². The van der Waals surface area contributed by atoms with E-state index in [1.54, 1.807) is 12.1 Å². The van der Waals surface area contributed by atoms with Gasteiger partial charge in [-0.05, 0) is 18.2 Å². The Balaban J connectivity index is 1.80. The van der Waals surface area contributed by atoms with Crippen LogP contribution >= 0.6 is 0 Å². The molecular weight excluding hydrogens is 275 g/mol. The number of hydrogen-bond donors (Lipinski definition) is 2. The second-order valence-corrected chi connectivity index (χ2v) is 5.13. The van der Waals surface area contributed by atoms with E-state index >= 15 is 0 Å². The van der Waals surface area contributed by atoms with E-state index in [9.17, 15) is 14.0 Å². The highest BCUT2D eigenvalue weighted by Gasteiger charge is 2.25. The van der Waals surface area contributed by atoms with Crippen molar-refractivity contribution in [2.75, 3.05) is 42.5 Å². The van der Waals surface area contributed by atoms with Gasteiger partial charge >= 0.3 is 6.03 Å². The molecule has 2 heterocycles. The number of benzene rings is 1. The summed E-state index contributed by atoms with van der Waals surface area (Å²) < 4.78 is 14.3. The maximum absolute atomic E-state index is 14.3. The predicted octanol–water partition coefficient (Wildman–Crippen LogP) is 0.682. The lowest BCUT2D eigenvalue weighted by molar-refractivity contribution is -0.120. The number of carbonyl (C=O) groups excluding carboxylic acids is 2. The number of nitrogens with one attached hydrogen (secondary N) is 2. The Morgan fingerprint density at radius 2 is 1.86 bits per heavy atom. The molecule has 112 valence electrons. The van der Waals surface area contributed by atoms with Gasteiger partial charge in [0.15, 0.2) is 0 Å². The Labute approximate surface area is 121 Å². The topological polar surface area (TPSA) is 64.7 Å². The lowest BCUT2D eigenvalue weighted by atomic mass is 10.2. The van der Waals surface area contributed by atoms with Crippen LogP contribution in [0.15, 0.2) is 18.2 Å². The van der Waals surface area contributed by atoms with E-state index in [1.807, 2.05) is 4.90 Å². The molecule has 2 fully saturated rings. The Hall–Kier alpha value is -2.15. The van der Waals surface area contributed by atoms with E-state index < -0.39 is 6.03 Å². The summed E-state index contributed by atoms with van der Waals surface area (Å²) >= 11 is 0. The minimum atomic E-state index is -0.499. The highest BCUT2D eigenvalue weighted by atomic mass is 19.1. The molecule has 3 amide bonds. The molecule has 0 bridgehead atoms. The maximum Gasteiger partial charge on any atom is 0.328 e. The van der Waals surface area contributed by atoms with Gasteiger partial charge in [0.25, 0.3) is 0 Å². The molecule has 2 aliphatic heterocycles. The summed E-state index contributed by atoms with van der Waals surface area (Å²) in [4.78, 5) is 26.3. The first-order chi connectivity index (χ1) is 10.1. The first-order valence-electron chi connectivity index (χ1n) is 7.02. The van der Waals surface area contributed by atoms with Crippen molar-refractivity contribution in [1.82, 2.24) is 10.6 Å². The fourth-order valence-corrected chi connectivity index (χ4v) is 2.64. The lowest BCUT2D eigenvalue weighted by Crippen LogP contribution is -2.49. The van der Waals surface area contributed by atoms with Crippen molar-refractivity contribution < 1.29 is 14.0 Å². The molecule has 2 N–H and O–H groups in total. The summed E-state index contributed by atoms with van der Waals surface area (Å²) in [5.74, 6) is -0.645. The van der Waals surface area contributed by atoms with Gasteiger partial charge in [-0.15, -0.1) is 0 Å². The molecule has 3 rings (SSSR count). The summed E-state index contributed by atoms with van der Waals surface area (Å²) in [6.45, 7) is 3.46. The van der Waals surface area contributed by atoms with E-state index in [-0.39, 0.29) is 24.7 Å². The second-order valence-electron chi connectivity index (χ2n) is 5.13. The van der Waals surface area contributed by atoms with Crippen LogP contribution in [0.4, 0.5) is 20.6 Å². The Morgan fingerprint density at radius 1 is 1.10 bits per heavy atom. The monoisotopic (exact) mass is 292 g/mol. The van der Waals surface area contributed by atoms with Crippen molar-refractivity contribution in [3.05, 3.63) is 24.0 Å². The number of halogens is 1. The van der Waals surface area contributed by atoms with Gasteiger partial charge < -0.3 is 10.2 Å². The standard InChI is InChI=1S/C14H17FN4O2/c15-11-9-10(19-6-3-13(20)17-14(19)21)1-2-12(11)18-7-4-16-5-8-18/h1-2,9,16H,3-8H2,(H,17,20,21). The molecule has 2 saturated heterocycles. The van der Waals surface area contributed by atoms with E-state index in [0.717, 1.165) is 26.2 Å². The number of anilines is 2. The first-order valence-corrected chi connectivity index (χ1v) is 7.02. The normalized spacial score (nSPS) is 19.7. The average Bonchev–Trinajstić information content (AvgIpc) is 2.48. The van der Waals surface area contributed by atoms with Crippen molar-refractivity contribution in [2.24, 2.45) is 0 Å². The zero-order valence-electron chi connectivity index (χ0n) is 11.6. The third kappa shape index (κ3) is 2.82. The summed E-state index contributed by atoms with van der Waals surface area (Å²) in [5, 5.41) is 5.45. The second kappa shape index (κ2) is 5.69. The van der Waals surface area contributed by atoms with Gasteiger partial charge in [0.05, 0.1) is 5.69 Å². The first kappa shape index (κ1) is 13.8. The number of rotatable bonds is 2. The molecule has 0 atom stereocenters. The summed E-state index contributed by atoms with van der Waals surface area (Å²) in [6, 6.07) is 4.27. The van der Waals surface area contributed by atoms with Gasteiger partial charge in [-0.3, -0.25) is 15.0 Å². The molecule has 0 radical (unpaired) electrons. The van der Waals surface area contributed by atoms with Gasteiger partial charge in [-0.2, -0.15) is 0 Å². The molecule has 1 aromatic rings. The van der Waals surface area contributed by atoms with Gasteiger partial charge in [-0.1, -0.05) is 0 Å². The maximum atomic E-state index is 14.3. The number of nitrogens with zero attached hydrogens (tertiary/aromatic N) is 2. The van der Waals surface area contributed by atoms with Crippen LogP contribution in [0.25, 0.3) is 0 Å². The number of hydrogen-bond acceptors (Lipinski definition) is 4. The number of imide groups is 1. The van der Waals surface area contributed by atoms with E-state index in [2.05, 4.69) is 10.6 Å². The van der Waals surface area contributed by atoms with Crippen molar-refractivity contribution in [3.8, 4) is 0 Å². The number of amides is 3. The molecular formula is C14H17FN4O2. The third-order valence-electron chi connectivity index (χ3n) is 3.75. The van der Waals surface area contributed by atoms with Gasteiger partial charge in [0, 0.05) is 44.8 Å². The zero-order valence-corrected chi connectivity index (χ0v) is 11.6. The van der Waals surface area contributed by atoms with Crippen LogP contribution < -0.4 is 20.4 Å². The highest BCUT2D eigenvalue weighted by molar-refractivity contribution is 6.05. The van der Waals surface area contributed by atoms with Crippen molar-refractivity contribution in [1.29, 1.82) is 0 Å². The Bertz CT molecular complexity index is 572. The number of piperazine rings is 1. The van der Waals surface area contributed by atoms with Crippen LogP contribution in [0.3, 0.4) is 0 Å². The molecule has 6 nitrogen and oxygen atoms in total. The molecule has 1 aromatic carbocycles. The molecule has 0 spiro atoms. The third-order valence-corrected chi connectivity index (χ3v) is 3.75. The van der Waals surface area contributed by atoms with Crippen LogP contribution in [0.5, 0.6) is 0 Å². The van der Waals surface area contributed by atoms with E-state index in [4.69, 9.17) is 0 Å². The quantitative estimate of drug-likeness (QED) is 0.841. The van der Waals surface area contributed by atoms with Gasteiger partial charge in [0.2, 0.25) is 5.91 Å². The molecule has 7 heteroatoms. The van der Waals surface area contributed by atoms with E-state index in [1.165, 1.54) is 11.0 Å². The average molecular weight is 292 g/mol. The smallest absolute Gasteiger partial charge is 0.328 e. The van der Waals surface area contributed by atoms with Gasteiger partial charge in [0.1, 0.15) is 5.82 Å². The minimum absolute atomic E-state index is 0.229. The number of urea groups is 1. The summed E-state index contributed by atoms with van der Waals surface area (Å²) in [6.07, 6.45) is 0.229. The molecule has 0 aliphatic carbocycles. The Kier molecular flexibility index (Phi) is 3.74.